The highest BCUT2D eigenvalue weighted by Crippen LogP contribution is 2.31. The Morgan fingerprint density at radius 2 is 1.97 bits per heavy atom. The largest absolute Gasteiger partial charge is 0.487 e. The number of rotatable bonds is 9. The zero-order valence-corrected chi connectivity index (χ0v) is 18.8. The van der Waals surface area contributed by atoms with Crippen LogP contribution in [0.1, 0.15) is 15.9 Å². The van der Waals surface area contributed by atoms with Gasteiger partial charge in [0.25, 0.3) is 5.91 Å². The number of aromatic nitrogens is 1. The smallest absolute Gasteiger partial charge is 0.416 e. The second kappa shape index (κ2) is 10.3. The summed E-state index contributed by atoms with van der Waals surface area (Å²) in [6, 6.07) is 9.89. The Bertz CT molecular complexity index is 1230. The van der Waals surface area contributed by atoms with Gasteiger partial charge in [0.05, 0.1) is 29.7 Å². The SMILES string of the molecule is CO/N=C(\COc1cccc(C(F)(F)F)c1)Cn1cc(C(N)=O)c2cc(/N=C/N(C)C)ccc21. The lowest BCUT2D eigenvalue weighted by atomic mass is 10.1. The van der Waals surface area contributed by atoms with Crippen molar-refractivity contribution in [3.63, 3.8) is 0 Å². The van der Waals surface area contributed by atoms with Gasteiger partial charge in [-0.1, -0.05) is 11.2 Å². The lowest BCUT2D eigenvalue weighted by Crippen LogP contribution is -2.19. The summed E-state index contributed by atoms with van der Waals surface area (Å²) in [6.07, 6.45) is -1.26. The second-order valence-corrected chi connectivity index (χ2v) is 7.60. The highest BCUT2D eigenvalue weighted by molar-refractivity contribution is 6.07. The molecule has 8 nitrogen and oxygen atoms in total. The van der Waals surface area contributed by atoms with Crippen LogP contribution in [0.15, 0.2) is 58.8 Å². The Labute approximate surface area is 194 Å². The van der Waals surface area contributed by atoms with Crippen LogP contribution < -0.4 is 10.5 Å². The molecule has 1 aromatic heterocycles. The third kappa shape index (κ3) is 6.06. The van der Waals surface area contributed by atoms with Crippen LogP contribution in [-0.2, 0) is 17.6 Å². The van der Waals surface area contributed by atoms with Gasteiger partial charge in [0.15, 0.2) is 0 Å². The van der Waals surface area contributed by atoms with Crippen LogP contribution in [-0.4, -0.2) is 55.2 Å². The Kier molecular flexibility index (Phi) is 7.44. The van der Waals surface area contributed by atoms with Gasteiger partial charge in [0.1, 0.15) is 25.2 Å². The number of amides is 1. The van der Waals surface area contributed by atoms with E-state index >= 15 is 0 Å². The summed E-state index contributed by atoms with van der Waals surface area (Å²) in [4.78, 5) is 23.0. The number of ether oxygens (including phenoxy) is 1. The third-order valence-corrected chi connectivity index (χ3v) is 4.71. The van der Waals surface area contributed by atoms with Crippen molar-refractivity contribution in [1.82, 2.24) is 9.47 Å². The molecule has 180 valence electrons. The lowest BCUT2D eigenvalue weighted by Gasteiger charge is -2.12. The van der Waals surface area contributed by atoms with Crippen molar-refractivity contribution >= 4 is 34.5 Å². The molecule has 2 aromatic carbocycles. The molecule has 0 radical (unpaired) electrons. The van der Waals surface area contributed by atoms with Crippen LogP contribution >= 0.6 is 0 Å². The minimum atomic E-state index is -4.48. The first-order chi connectivity index (χ1) is 16.1. The average molecular weight is 475 g/mol. The number of hydrogen-bond acceptors (Lipinski definition) is 5. The van der Waals surface area contributed by atoms with Crippen molar-refractivity contribution in [1.29, 1.82) is 0 Å². The molecular formula is C23H24F3N5O3. The monoisotopic (exact) mass is 475 g/mol. The zero-order chi connectivity index (χ0) is 24.9. The molecule has 0 saturated carbocycles. The molecule has 0 aliphatic carbocycles. The lowest BCUT2D eigenvalue weighted by molar-refractivity contribution is -0.137. The minimum absolute atomic E-state index is 0.0391. The molecule has 11 heteroatoms. The summed E-state index contributed by atoms with van der Waals surface area (Å²) in [5, 5.41) is 4.54. The minimum Gasteiger partial charge on any atom is -0.487 e. The molecule has 0 saturated heterocycles. The Hall–Kier alpha value is -4.02. The third-order valence-electron chi connectivity index (χ3n) is 4.71. The summed E-state index contributed by atoms with van der Waals surface area (Å²) < 4.78 is 46.1. The van der Waals surface area contributed by atoms with Gasteiger partial charge in [-0.05, 0) is 36.4 Å². The first-order valence-corrected chi connectivity index (χ1v) is 10.1. The van der Waals surface area contributed by atoms with E-state index in [4.69, 9.17) is 15.3 Å². The number of nitrogens with zero attached hydrogens (tertiary/aromatic N) is 4. The van der Waals surface area contributed by atoms with Gasteiger partial charge in [-0.15, -0.1) is 0 Å². The molecule has 0 aliphatic rings. The number of hydrogen-bond donors (Lipinski definition) is 1. The molecule has 1 heterocycles. The molecule has 2 N–H and O–H groups in total. The number of alkyl halides is 3. The number of nitrogens with two attached hydrogens (primary N) is 1. The molecule has 0 unspecified atom stereocenters. The number of carbonyl (C=O) groups excluding carboxylic acids is 1. The van der Waals surface area contributed by atoms with E-state index in [1.807, 2.05) is 14.1 Å². The zero-order valence-electron chi connectivity index (χ0n) is 18.8. The van der Waals surface area contributed by atoms with Crippen molar-refractivity contribution < 1.29 is 27.5 Å². The Balaban J connectivity index is 1.86. The number of aliphatic imine (C=N–C) groups is 1. The maximum atomic E-state index is 13.0. The molecule has 34 heavy (non-hydrogen) atoms. The van der Waals surface area contributed by atoms with Crippen LogP contribution in [0.25, 0.3) is 10.9 Å². The van der Waals surface area contributed by atoms with E-state index in [1.54, 1.807) is 40.2 Å². The van der Waals surface area contributed by atoms with Crippen molar-refractivity contribution in [2.45, 2.75) is 12.7 Å². The topological polar surface area (TPSA) is 94.4 Å². The van der Waals surface area contributed by atoms with Gasteiger partial charge in [-0.2, -0.15) is 13.2 Å². The van der Waals surface area contributed by atoms with E-state index in [2.05, 4.69) is 10.1 Å². The van der Waals surface area contributed by atoms with Gasteiger partial charge in [-0.25, -0.2) is 4.99 Å². The van der Waals surface area contributed by atoms with Crippen LogP contribution in [0.3, 0.4) is 0 Å². The number of fused-ring (bicyclic) bond motifs is 1. The van der Waals surface area contributed by atoms with E-state index in [0.29, 0.717) is 27.9 Å². The van der Waals surface area contributed by atoms with Crippen molar-refractivity contribution in [3.05, 3.63) is 59.8 Å². The molecule has 0 spiro atoms. The molecule has 3 aromatic rings. The summed E-state index contributed by atoms with van der Waals surface area (Å²) in [7, 11) is 5.03. The van der Waals surface area contributed by atoms with Crippen LogP contribution in [0.5, 0.6) is 5.75 Å². The molecule has 0 fully saturated rings. The number of carbonyl (C=O) groups is 1. The van der Waals surface area contributed by atoms with Crippen LogP contribution in [0.2, 0.25) is 0 Å². The fourth-order valence-corrected chi connectivity index (χ4v) is 3.23. The highest BCUT2D eigenvalue weighted by atomic mass is 19.4. The summed E-state index contributed by atoms with van der Waals surface area (Å²) in [5.74, 6) is -0.569. The molecular weight excluding hydrogens is 451 g/mol. The quantitative estimate of drug-likeness (QED) is 0.287. The first-order valence-electron chi connectivity index (χ1n) is 10.1. The normalized spacial score (nSPS) is 12.4. The van der Waals surface area contributed by atoms with E-state index in [1.165, 1.54) is 19.2 Å². The number of benzene rings is 2. The van der Waals surface area contributed by atoms with E-state index < -0.39 is 17.6 Å². The highest BCUT2D eigenvalue weighted by Gasteiger charge is 2.30. The maximum absolute atomic E-state index is 13.0. The predicted octanol–water partition coefficient (Wildman–Crippen LogP) is 4.06. The molecule has 0 aliphatic heterocycles. The average Bonchev–Trinajstić information content (AvgIpc) is 3.14. The number of oxime groups is 1. The van der Waals surface area contributed by atoms with E-state index in [-0.39, 0.29) is 18.9 Å². The fourth-order valence-electron chi connectivity index (χ4n) is 3.23. The summed E-state index contributed by atoms with van der Waals surface area (Å²) >= 11 is 0. The molecule has 1 amide bonds. The Morgan fingerprint density at radius 3 is 2.62 bits per heavy atom. The van der Waals surface area contributed by atoms with Crippen molar-refractivity contribution in [2.24, 2.45) is 15.9 Å². The predicted molar refractivity (Wildman–Crippen MR) is 124 cm³/mol. The molecule has 0 atom stereocenters. The fraction of sp³-hybridized carbons (Fsp3) is 0.261. The molecule has 0 bridgehead atoms. The van der Waals surface area contributed by atoms with Gasteiger partial charge in [-0.3, -0.25) is 4.79 Å². The van der Waals surface area contributed by atoms with E-state index in [0.717, 1.165) is 12.1 Å². The first kappa shape index (κ1) is 24.6. The summed E-state index contributed by atoms with van der Waals surface area (Å²) in [6.45, 7) is 0.0167. The van der Waals surface area contributed by atoms with E-state index in [9.17, 15) is 18.0 Å². The van der Waals surface area contributed by atoms with Crippen molar-refractivity contribution in [2.75, 3.05) is 27.8 Å². The maximum Gasteiger partial charge on any atom is 0.416 e. The van der Waals surface area contributed by atoms with Crippen molar-refractivity contribution in [3.8, 4) is 5.75 Å². The van der Waals surface area contributed by atoms with Gasteiger partial charge < -0.3 is 24.8 Å². The Morgan fingerprint density at radius 1 is 1.21 bits per heavy atom. The van der Waals surface area contributed by atoms with Crippen LogP contribution in [0.4, 0.5) is 18.9 Å². The van der Waals surface area contributed by atoms with Gasteiger partial charge in [0.2, 0.25) is 0 Å². The number of halogens is 3. The molecule has 3 rings (SSSR count). The standard InChI is InChI=1S/C23H24F3N5O3/c1-30(2)14-28-16-7-8-21-19(10-16)20(22(27)32)12-31(21)11-17(29-33-3)13-34-18-6-4-5-15(9-18)23(24,25)26/h4-10,12,14H,11,13H2,1-3H3,(H2,27,32)/b28-14+,29-17-. The van der Waals surface area contributed by atoms with Gasteiger partial charge in [0, 0.05) is 31.2 Å². The summed E-state index contributed by atoms with van der Waals surface area (Å²) in [5.41, 5.74) is 6.76. The second-order valence-electron chi connectivity index (χ2n) is 7.60. The number of primary amides is 1. The van der Waals surface area contributed by atoms with Gasteiger partial charge >= 0.3 is 6.18 Å². The van der Waals surface area contributed by atoms with Crippen LogP contribution in [0, 0.1) is 0 Å².